The van der Waals surface area contributed by atoms with Crippen molar-refractivity contribution in [3.8, 4) is 0 Å². The average molecular weight is 363 g/mol. The number of thiophene rings is 1. The van der Waals surface area contributed by atoms with Crippen LogP contribution >= 0.6 is 11.3 Å². The van der Waals surface area contributed by atoms with Gasteiger partial charge in [-0.1, -0.05) is 66.7 Å². The van der Waals surface area contributed by atoms with Gasteiger partial charge in [-0.05, 0) is 29.0 Å². The summed E-state index contributed by atoms with van der Waals surface area (Å²) in [5, 5.41) is 4.97. The van der Waals surface area contributed by atoms with Crippen molar-refractivity contribution in [2.24, 2.45) is 0 Å². The first kappa shape index (κ1) is 18.1. The molecule has 1 atom stereocenters. The predicted molar refractivity (Wildman–Crippen MR) is 105 cm³/mol. The second-order valence-corrected chi connectivity index (χ2v) is 7.07. The fraction of sp³-hybridized carbons (Fsp3) is 0.182. The van der Waals surface area contributed by atoms with Gasteiger partial charge in [0.15, 0.2) is 5.78 Å². The SMILES string of the molecule is O=C(CCC(=O)c1cccs1)NC(Cc1ccccc1)c1ccccc1. The highest BCUT2D eigenvalue weighted by Crippen LogP contribution is 2.19. The highest BCUT2D eigenvalue weighted by atomic mass is 32.1. The molecule has 3 nitrogen and oxygen atoms in total. The summed E-state index contributed by atoms with van der Waals surface area (Å²) in [6, 6.07) is 23.6. The minimum atomic E-state index is -0.108. The van der Waals surface area contributed by atoms with Crippen molar-refractivity contribution >= 4 is 23.0 Å². The van der Waals surface area contributed by atoms with Crippen LogP contribution in [0, 0.1) is 0 Å². The van der Waals surface area contributed by atoms with Crippen LogP contribution in [0.4, 0.5) is 0 Å². The third-order valence-corrected chi connectivity index (χ3v) is 5.11. The summed E-state index contributed by atoms with van der Waals surface area (Å²) in [6.45, 7) is 0. The molecule has 1 heterocycles. The zero-order valence-corrected chi connectivity index (χ0v) is 15.2. The fourth-order valence-corrected chi connectivity index (χ4v) is 3.54. The van der Waals surface area contributed by atoms with E-state index < -0.39 is 0 Å². The summed E-state index contributed by atoms with van der Waals surface area (Å²) >= 11 is 1.41. The molecule has 1 N–H and O–H groups in total. The Labute approximate surface area is 157 Å². The topological polar surface area (TPSA) is 46.2 Å². The quantitative estimate of drug-likeness (QED) is 0.584. The maximum absolute atomic E-state index is 12.4. The standard InChI is InChI=1S/C22H21NO2S/c24-20(21-12-7-15-26-21)13-14-22(25)23-19(18-10-5-2-6-11-18)16-17-8-3-1-4-9-17/h1-12,15,19H,13-14,16H2,(H,23,25). The predicted octanol–water partition coefficient (Wildman–Crippen LogP) is 4.81. The number of carbonyl (C=O) groups excluding carboxylic acids is 2. The van der Waals surface area contributed by atoms with Gasteiger partial charge in [-0.2, -0.15) is 0 Å². The molecule has 2 aromatic carbocycles. The number of hydrogen-bond donors (Lipinski definition) is 1. The lowest BCUT2D eigenvalue weighted by Gasteiger charge is -2.19. The highest BCUT2D eigenvalue weighted by Gasteiger charge is 2.16. The molecule has 0 aliphatic carbocycles. The smallest absolute Gasteiger partial charge is 0.220 e. The van der Waals surface area contributed by atoms with E-state index in [1.165, 1.54) is 11.3 Å². The number of carbonyl (C=O) groups is 2. The Hall–Kier alpha value is -2.72. The first-order valence-corrected chi connectivity index (χ1v) is 9.55. The largest absolute Gasteiger partial charge is 0.349 e. The van der Waals surface area contributed by atoms with Crippen molar-refractivity contribution in [1.29, 1.82) is 0 Å². The molecule has 0 bridgehead atoms. The lowest BCUT2D eigenvalue weighted by Crippen LogP contribution is -2.30. The Morgan fingerprint density at radius 2 is 1.54 bits per heavy atom. The van der Waals surface area contributed by atoms with Crippen molar-refractivity contribution in [3.05, 3.63) is 94.2 Å². The number of ketones is 1. The van der Waals surface area contributed by atoms with Crippen LogP contribution in [0.25, 0.3) is 0 Å². The summed E-state index contributed by atoms with van der Waals surface area (Å²) in [4.78, 5) is 25.2. The first-order valence-electron chi connectivity index (χ1n) is 8.67. The first-order chi connectivity index (χ1) is 12.7. The molecule has 26 heavy (non-hydrogen) atoms. The van der Waals surface area contributed by atoms with Gasteiger partial charge < -0.3 is 5.32 Å². The van der Waals surface area contributed by atoms with Crippen LogP contribution in [0.1, 0.15) is 39.7 Å². The van der Waals surface area contributed by atoms with Gasteiger partial charge in [0.1, 0.15) is 0 Å². The summed E-state index contributed by atoms with van der Waals surface area (Å²) < 4.78 is 0. The fourth-order valence-electron chi connectivity index (χ4n) is 2.84. The van der Waals surface area contributed by atoms with Crippen molar-refractivity contribution in [1.82, 2.24) is 5.32 Å². The molecule has 0 fully saturated rings. The molecular weight excluding hydrogens is 342 g/mol. The minimum absolute atomic E-state index is 0.0227. The van der Waals surface area contributed by atoms with E-state index in [4.69, 9.17) is 0 Å². The van der Waals surface area contributed by atoms with Gasteiger partial charge in [0.25, 0.3) is 0 Å². The Balaban J connectivity index is 1.63. The molecule has 132 valence electrons. The molecule has 0 radical (unpaired) electrons. The van der Waals surface area contributed by atoms with Crippen molar-refractivity contribution < 1.29 is 9.59 Å². The average Bonchev–Trinajstić information content (AvgIpc) is 3.22. The maximum atomic E-state index is 12.4. The van der Waals surface area contributed by atoms with Gasteiger partial charge in [0.2, 0.25) is 5.91 Å². The van der Waals surface area contributed by atoms with E-state index in [1.807, 2.05) is 60.0 Å². The Morgan fingerprint density at radius 3 is 2.19 bits per heavy atom. The van der Waals surface area contributed by atoms with Gasteiger partial charge in [0, 0.05) is 12.8 Å². The molecule has 3 rings (SSSR count). The molecule has 1 aromatic heterocycles. The monoisotopic (exact) mass is 363 g/mol. The van der Waals surface area contributed by atoms with Crippen molar-refractivity contribution in [2.45, 2.75) is 25.3 Å². The van der Waals surface area contributed by atoms with Gasteiger partial charge in [-0.3, -0.25) is 9.59 Å². The van der Waals surface area contributed by atoms with Gasteiger partial charge in [-0.25, -0.2) is 0 Å². The normalized spacial score (nSPS) is 11.7. The van der Waals surface area contributed by atoms with Crippen LogP contribution in [0.3, 0.4) is 0 Å². The van der Waals surface area contributed by atoms with Crippen LogP contribution in [-0.4, -0.2) is 11.7 Å². The second-order valence-electron chi connectivity index (χ2n) is 6.12. The number of nitrogens with one attached hydrogen (secondary N) is 1. The Kier molecular flexibility index (Phi) is 6.34. The van der Waals surface area contributed by atoms with Crippen LogP contribution in [-0.2, 0) is 11.2 Å². The maximum Gasteiger partial charge on any atom is 0.220 e. The molecule has 4 heteroatoms. The van der Waals surface area contributed by atoms with Crippen LogP contribution in [0.5, 0.6) is 0 Å². The number of hydrogen-bond acceptors (Lipinski definition) is 3. The lowest BCUT2D eigenvalue weighted by molar-refractivity contribution is -0.121. The van der Waals surface area contributed by atoms with E-state index in [0.717, 1.165) is 17.5 Å². The molecule has 0 spiro atoms. The molecule has 0 saturated carbocycles. The summed E-state index contributed by atoms with van der Waals surface area (Å²) in [5.74, 6) is -0.0749. The van der Waals surface area contributed by atoms with Gasteiger partial charge >= 0.3 is 0 Å². The minimum Gasteiger partial charge on any atom is -0.349 e. The molecule has 1 amide bonds. The van der Waals surface area contributed by atoms with Crippen molar-refractivity contribution in [3.63, 3.8) is 0 Å². The summed E-state index contributed by atoms with van der Waals surface area (Å²) in [7, 11) is 0. The third kappa shape index (κ3) is 5.14. The van der Waals surface area contributed by atoms with Crippen LogP contribution < -0.4 is 5.32 Å². The number of benzene rings is 2. The van der Waals surface area contributed by atoms with Crippen LogP contribution in [0.2, 0.25) is 0 Å². The third-order valence-electron chi connectivity index (χ3n) is 4.19. The van der Waals surface area contributed by atoms with E-state index in [0.29, 0.717) is 4.88 Å². The molecular formula is C22H21NO2S. The van der Waals surface area contributed by atoms with Gasteiger partial charge in [0.05, 0.1) is 10.9 Å². The number of amides is 1. The lowest BCUT2D eigenvalue weighted by atomic mass is 9.98. The van der Waals surface area contributed by atoms with Crippen LogP contribution in [0.15, 0.2) is 78.2 Å². The van der Waals surface area contributed by atoms with E-state index in [1.54, 1.807) is 6.07 Å². The Bertz CT molecular complexity index is 829. The van der Waals surface area contributed by atoms with Crippen molar-refractivity contribution in [2.75, 3.05) is 0 Å². The zero-order valence-electron chi connectivity index (χ0n) is 14.4. The van der Waals surface area contributed by atoms with E-state index in [9.17, 15) is 9.59 Å². The van der Waals surface area contributed by atoms with E-state index >= 15 is 0 Å². The van der Waals surface area contributed by atoms with Gasteiger partial charge in [-0.15, -0.1) is 11.3 Å². The number of Topliss-reactive ketones (excluding diaryl/α,β-unsaturated/α-hetero) is 1. The molecule has 0 aliphatic rings. The van der Waals surface area contributed by atoms with E-state index in [2.05, 4.69) is 17.4 Å². The van der Waals surface area contributed by atoms with E-state index in [-0.39, 0.29) is 30.6 Å². The zero-order chi connectivity index (χ0) is 18.2. The highest BCUT2D eigenvalue weighted by molar-refractivity contribution is 7.12. The summed E-state index contributed by atoms with van der Waals surface area (Å²) in [5.41, 5.74) is 2.23. The molecule has 1 unspecified atom stereocenters. The molecule has 0 saturated heterocycles. The Morgan fingerprint density at radius 1 is 0.846 bits per heavy atom. The number of rotatable bonds is 8. The molecule has 3 aromatic rings. The summed E-state index contributed by atoms with van der Waals surface area (Å²) in [6.07, 6.45) is 1.16. The molecule has 0 aliphatic heterocycles. The second kappa shape index (κ2) is 9.11.